The maximum atomic E-state index is 5.29. The van der Waals surface area contributed by atoms with E-state index < -0.39 is 0 Å². The van der Waals surface area contributed by atoms with Crippen LogP contribution in [0.5, 0.6) is 0 Å². The third-order valence-electron chi connectivity index (χ3n) is 3.69. The number of H-pyrrole nitrogens is 1. The maximum absolute atomic E-state index is 5.29. The summed E-state index contributed by atoms with van der Waals surface area (Å²) in [6.45, 7) is 2.05. The lowest BCUT2D eigenvalue weighted by atomic mass is 10.1. The van der Waals surface area contributed by atoms with Crippen LogP contribution in [0.1, 0.15) is 11.1 Å². The number of rotatable bonds is 4. The molecule has 0 aliphatic rings. The van der Waals surface area contributed by atoms with Gasteiger partial charge >= 0.3 is 0 Å². The van der Waals surface area contributed by atoms with Gasteiger partial charge in [0.05, 0.1) is 6.21 Å². The molecule has 1 aromatic heterocycles. The van der Waals surface area contributed by atoms with Crippen LogP contribution in [0.25, 0.3) is 11.4 Å². The monoisotopic (exact) mass is 337 g/mol. The van der Waals surface area contributed by atoms with Crippen molar-refractivity contribution in [2.45, 2.75) is 6.92 Å². The summed E-state index contributed by atoms with van der Waals surface area (Å²) in [6, 6.07) is 16.3. The Labute approximate surface area is 146 Å². The molecule has 0 aliphatic carbocycles. The number of aryl methyl sites for hydroxylation is 1. The first kappa shape index (κ1) is 16.1. The molecule has 24 heavy (non-hydrogen) atoms. The van der Waals surface area contributed by atoms with Crippen molar-refractivity contribution in [2.75, 3.05) is 19.0 Å². The molecular weight excluding hydrogens is 318 g/mol. The second-order valence-corrected chi connectivity index (χ2v) is 6.15. The van der Waals surface area contributed by atoms with Crippen LogP contribution < -0.4 is 4.90 Å². The number of aromatic amines is 1. The van der Waals surface area contributed by atoms with E-state index in [1.807, 2.05) is 50.5 Å². The topological polar surface area (TPSA) is 49.2 Å². The standard InChI is InChI=1S/C18H19N5S/c1-13-4-8-15(9-5-13)17-20-21-18(24)23(17)19-12-14-6-10-16(11-7-14)22(2)3/h4-12H,1-3H3,(H,21,24)/b19-12+. The van der Waals surface area contributed by atoms with Crippen LogP contribution >= 0.6 is 12.2 Å². The highest BCUT2D eigenvalue weighted by molar-refractivity contribution is 7.71. The highest BCUT2D eigenvalue weighted by atomic mass is 32.1. The second-order valence-electron chi connectivity index (χ2n) is 5.76. The molecule has 0 aliphatic heterocycles. The summed E-state index contributed by atoms with van der Waals surface area (Å²) in [5.74, 6) is 0.696. The summed E-state index contributed by atoms with van der Waals surface area (Å²) in [6.07, 6.45) is 1.78. The minimum atomic E-state index is 0.465. The Bertz CT molecular complexity index is 902. The zero-order valence-electron chi connectivity index (χ0n) is 13.9. The largest absolute Gasteiger partial charge is 0.378 e. The SMILES string of the molecule is Cc1ccc(-c2n[nH]c(=S)n2/N=C/c2ccc(N(C)C)cc2)cc1. The van der Waals surface area contributed by atoms with E-state index in [1.165, 1.54) is 5.56 Å². The molecule has 3 aromatic rings. The Kier molecular flexibility index (Phi) is 4.57. The van der Waals surface area contributed by atoms with E-state index in [-0.39, 0.29) is 0 Å². The fourth-order valence-electron chi connectivity index (χ4n) is 2.27. The quantitative estimate of drug-likeness (QED) is 0.581. The van der Waals surface area contributed by atoms with Gasteiger partial charge in [-0.1, -0.05) is 42.0 Å². The molecule has 0 radical (unpaired) electrons. The van der Waals surface area contributed by atoms with E-state index >= 15 is 0 Å². The van der Waals surface area contributed by atoms with Crippen LogP contribution in [0.4, 0.5) is 5.69 Å². The summed E-state index contributed by atoms with van der Waals surface area (Å²) in [4.78, 5) is 2.06. The smallest absolute Gasteiger partial charge is 0.216 e. The lowest BCUT2D eigenvalue weighted by Gasteiger charge is -2.11. The predicted octanol–water partition coefficient (Wildman–Crippen LogP) is 3.86. The average Bonchev–Trinajstić information content (AvgIpc) is 2.95. The molecule has 5 nitrogen and oxygen atoms in total. The van der Waals surface area contributed by atoms with Gasteiger partial charge in [0.25, 0.3) is 0 Å². The summed E-state index contributed by atoms with van der Waals surface area (Å²) < 4.78 is 2.10. The minimum absolute atomic E-state index is 0.465. The summed E-state index contributed by atoms with van der Waals surface area (Å²) in [7, 11) is 4.03. The van der Waals surface area contributed by atoms with Crippen LogP contribution in [-0.2, 0) is 0 Å². The summed E-state index contributed by atoms with van der Waals surface area (Å²) >= 11 is 5.29. The number of hydrogen-bond acceptors (Lipinski definition) is 4. The van der Waals surface area contributed by atoms with Crippen molar-refractivity contribution in [2.24, 2.45) is 5.10 Å². The molecule has 0 unspecified atom stereocenters. The van der Waals surface area contributed by atoms with Crippen molar-refractivity contribution in [3.63, 3.8) is 0 Å². The van der Waals surface area contributed by atoms with Gasteiger partial charge in [-0.2, -0.15) is 14.9 Å². The Morgan fingerprint density at radius 3 is 2.38 bits per heavy atom. The van der Waals surface area contributed by atoms with Gasteiger partial charge in [-0.05, 0) is 36.8 Å². The van der Waals surface area contributed by atoms with Crippen molar-refractivity contribution in [1.29, 1.82) is 0 Å². The molecule has 2 aromatic carbocycles. The first-order valence-corrected chi connectivity index (χ1v) is 8.01. The molecule has 122 valence electrons. The number of nitrogens with one attached hydrogen (secondary N) is 1. The number of anilines is 1. The molecule has 6 heteroatoms. The van der Waals surface area contributed by atoms with Gasteiger partial charge in [0.15, 0.2) is 5.82 Å². The molecule has 3 rings (SSSR count). The molecule has 1 heterocycles. The van der Waals surface area contributed by atoms with Crippen molar-refractivity contribution < 1.29 is 0 Å². The van der Waals surface area contributed by atoms with Gasteiger partial charge in [-0.25, -0.2) is 5.10 Å². The Morgan fingerprint density at radius 2 is 1.75 bits per heavy atom. The molecule has 0 fully saturated rings. The highest BCUT2D eigenvalue weighted by Gasteiger charge is 2.07. The van der Waals surface area contributed by atoms with Gasteiger partial charge in [-0.3, -0.25) is 0 Å². The molecule has 0 atom stereocenters. The zero-order valence-corrected chi connectivity index (χ0v) is 14.7. The van der Waals surface area contributed by atoms with Gasteiger partial charge in [0, 0.05) is 25.3 Å². The van der Waals surface area contributed by atoms with E-state index in [2.05, 4.69) is 39.3 Å². The normalized spacial score (nSPS) is 11.1. The summed E-state index contributed by atoms with van der Waals surface area (Å²) in [5, 5.41) is 11.6. The summed E-state index contributed by atoms with van der Waals surface area (Å²) in [5.41, 5.74) is 4.31. The third kappa shape index (κ3) is 3.44. The highest BCUT2D eigenvalue weighted by Crippen LogP contribution is 2.18. The lowest BCUT2D eigenvalue weighted by molar-refractivity contribution is 0.871. The number of hydrogen-bond donors (Lipinski definition) is 1. The first-order valence-electron chi connectivity index (χ1n) is 7.61. The Balaban J connectivity index is 1.91. The van der Waals surface area contributed by atoms with Crippen LogP contribution in [-0.4, -0.2) is 35.2 Å². The Hall–Kier alpha value is -2.73. The van der Waals surface area contributed by atoms with Gasteiger partial charge < -0.3 is 4.90 Å². The fraction of sp³-hybridized carbons (Fsp3) is 0.167. The van der Waals surface area contributed by atoms with Gasteiger partial charge in [-0.15, -0.1) is 0 Å². The molecule has 0 amide bonds. The number of nitrogens with zero attached hydrogens (tertiary/aromatic N) is 4. The molecule has 0 saturated heterocycles. The van der Waals surface area contributed by atoms with Crippen molar-refractivity contribution in [3.05, 3.63) is 64.4 Å². The van der Waals surface area contributed by atoms with Gasteiger partial charge in [0.1, 0.15) is 0 Å². The van der Waals surface area contributed by atoms with E-state index in [9.17, 15) is 0 Å². The third-order valence-corrected chi connectivity index (χ3v) is 3.96. The van der Waals surface area contributed by atoms with Crippen LogP contribution in [0.3, 0.4) is 0 Å². The number of aromatic nitrogens is 3. The van der Waals surface area contributed by atoms with Crippen LogP contribution in [0.15, 0.2) is 53.6 Å². The molecule has 0 spiro atoms. The average molecular weight is 337 g/mol. The van der Waals surface area contributed by atoms with E-state index in [4.69, 9.17) is 12.2 Å². The molecular formula is C18H19N5S. The number of benzene rings is 2. The zero-order chi connectivity index (χ0) is 17.1. The predicted molar refractivity (Wildman–Crippen MR) is 101 cm³/mol. The molecule has 0 saturated carbocycles. The van der Waals surface area contributed by atoms with Crippen LogP contribution in [0, 0.1) is 11.7 Å². The maximum Gasteiger partial charge on any atom is 0.216 e. The molecule has 1 N–H and O–H groups in total. The van der Waals surface area contributed by atoms with Crippen molar-refractivity contribution in [3.8, 4) is 11.4 Å². The minimum Gasteiger partial charge on any atom is -0.378 e. The lowest BCUT2D eigenvalue weighted by Crippen LogP contribution is -2.08. The first-order chi connectivity index (χ1) is 11.5. The van der Waals surface area contributed by atoms with E-state index in [0.717, 1.165) is 16.8 Å². The fourth-order valence-corrected chi connectivity index (χ4v) is 2.45. The van der Waals surface area contributed by atoms with Crippen molar-refractivity contribution >= 4 is 24.1 Å². The van der Waals surface area contributed by atoms with Crippen molar-refractivity contribution in [1.82, 2.24) is 14.9 Å². The second kappa shape index (κ2) is 6.80. The van der Waals surface area contributed by atoms with Gasteiger partial charge in [0.2, 0.25) is 4.77 Å². The van der Waals surface area contributed by atoms with E-state index in [1.54, 1.807) is 10.9 Å². The van der Waals surface area contributed by atoms with Crippen LogP contribution in [0.2, 0.25) is 0 Å². The Morgan fingerprint density at radius 1 is 1.08 bits per heavy atom. The molecule has 0 bridgehead atoms. The van der Waals surface area contributed by atoms with E-state index in [0.29, 0.717) is 10.6 Å².